The molecule has 154 valence electrons. The van der Waals surface area contributed by atoms with Gasteiger partial charge in [0.1, 0.15) is 5.54 Å². The van der Waals surface area contributed by atoms with Crippen LogP contribution >= 0.6 is 0 Å². The largest absolute Gasteiger partial charge is 0.352 e. The first kappa shape index (κ1) is 21.9. The summed E-state index contributed by atoms with van der Waals surface area (Å²) in [5.41, 5.74) is 1.46. The van der Waals surface area contributed by atoms with Crippen LogP contribution in [0.15, 0.2) is 24.3 Å². The van der Waals surface area contributed by atoms with E-state index in [0.717, 1.165) is 25.2 Å². The lowest BCUT2D eigenvalue weighted by atomic mass is 10.1. The highest BCUT2D eigenvalue weighted by atomic mass is 16.2. The summed E-state index contributed by atoms with van der Waals surface area (Å²) in [6, 6.07) is 7.74. The van der Waals surface area contributed by atoms with E-state index in [0.29, 0.717) is 13.0 Å². The van der Waals surface area contributed by atoms with Gasteiger partial charge in [-0.25, -0.2) is 4.79 Å². The van der Waals surface area contributed by atoms with E-state index < -0.39 is 5.54 Å². The fourth-order valence-corrected chi connectivity index (χ4v) is 3.27. The summed E-state index contributed by atoms with van der Waals surface area (Å²) in [6.07, 6.45) is 0.720. The first-order chi connectivity index (χ1) is 13.3. The lowest BCUT2D eigenvalue weighted by molar-refractivity contribution is -0.130. The van der Waals surface area contributed by atoms with E-state index in [9.17, 15) is 14.4 Å². The van der Waals surface area contributed by atoms with Crippen LogP contribution in [0.3, 0.4) is 0 Å². The van der Waals surface area contributed by atoms with Crippen LogP contribution in [0, 0.1) is 0 Å². The van der Waals surface area contributed by atoms with Gasteiger partial charge in [-0.05, 0) is 44.5 Å². The highest BCUT2D eigenvalue weighted by Gasteiger charge is 2.43. The molecule has 0 atom stereocenters. The van der Waals surface area contributed by atoms with Gasteiger partial charge >= 0.3 is 6.03 Å². The Bertz CT molecular complexity index is 713. The Balaban J connectivity index is 1.80. The molecule has 1 heterocycles. The second-order valence-electron chi connectivity index (χ2n) is 7.62. The van der Waals surface area contributed by atoms with Crippen molar-refractivity contribution in [1.29, 1.82) is 0 Å². The van der Waals surface area contributed by atoms with Crippen molar-refractivity contribution in [3.63, 3.8) is 0 Å². The van der Waals surface area contributed by atoms with E-state index in [1.54, 1.807) is 13.8 Å². The van der Waals surface area contributed by atoms with Gasteiger partial charge in [0.25, 0.3) is 5.91 Å². The van der Waals surface area contributed by atoms with Gasteiger partial charge < -0.3 is 10.6 Å². The monoisotopic (exact) mass is 388 g/mol. The van der Waals surface area contributed by atoms with Gasteiger partial charge in [-0.15, -0.1) is 0 Å². The van der Waals surface area contributed by atoms with Crippen molar-refractivity contribution in [3.05, 3.63) is 35.4 Å². The van der Waals surface area contributed by atoms with Crippen LogP contribution in [0.1, 0.15) is 51.7 Å². The first-order valence-corrected chi connectivity index (χ1v) is 9.98. The predicted molar refractivity (Wildman–Crippen MR) is 108 cm³/mol. The zero-order valence-electron chi connectivity index (χ0n) is 17.4. The quantitative estimate of drug-likeness (QED) is 0.603. The maximum absolute atomic E-state index is 12.2. The Morgan fingerprint density at radius 2 is 1.79 bits per heavy atom. The molecule has 1 aliphatic rings. The standard InChI is InChI=1S/C21H32N4O3/c1-5-24(6-2)15-17-11-8-7-10-16(17)14-22-18(26)12-9-13-25-19(27)21(3,4)23-20(25)28/h7-8,10-11H,5-6,9,12-15H2,1-4H3,(H,22,26)(H,23,28). The van der Waals surface area contributed by atoms with E-state index in [2.05, 4.69) is 35.4 Å². The van der Waals surface area contributed by atoms with Crippen molar-refractivity contribution >= 4 is 17.8 Å². The summed E-state index contributed by atoms with van der Waals surface area (Å²) in [5, 5.41) is 5.59. The topological polar surface area (TPSA) is 81.8 Å². The van der Waals surface area contributed by atoms with Crippen LogP contribution in [0.5, 0.6) is 0 Å². The highest BCUT2D eigenvalue weighted by Crippen LogP contribution is 2.17. The van der Waals surface area contributed by atoms with E-state index in [-0.39, 0.29) is 30.8 Å². The lowest BCUT2D eigenvalue weighted by Crippen LogP contribution is -2.40. The summed E-state index contributed by atoms with van der Waals surface area (Å²) in [6.45, 7) is 11.2. The van der Waals surface area contributed by atoms with Gasteiger partial charge in [0.05, 0.1) is 0 Å². The Kier molecular flexibility index (Phi) is 7.57. The zero-order chi connectivity index (χ0) is 20.7. The number of imide groups is 1. The minimum atomic E-state index is -0.867. The number of amides is 4. The molecule has 4 amide bonds. The Morgan fingerprint density at radius 3 is 2.36 bits per heavy atom. The maximum atomic E-state index is 12.2. The van der Waals surface area contributed by atoms with Crippen LogP contribution < -0.4 is 10.6 Å². The summed E-state index contributed by atoms with van der Waals surface area (Å²) >= 11 is 0. The minimum Gasteiger partial charge on any atom is -0.352 e. The van der Waals surface area contributed by atoms with Crippen LogP contribution in [0.25, 0.3) is 0 Å². The molecular weight excluding hydrogens is 356 g/mol. The fraction of sp³-hybridized carbons (Fsp3) is 0.571. The predicted octanol–water partition coefficient (Wildman–Crippen LogP) is 2.26. The van der Waals surface area contributed by atoms with Crippen molar-refractivity contribution in [2.45, 2.75) is 59.2 Å². The molecule has 0 unspecified atom stereocenters. The summed E-state index contributed by atoms with van der Waals surface area (Å²) in [5.74, 6) is -0.327. The molecule has 28 heavy (non-hydrogen) atoms. The van der Waals surface area contributed by atoms with Crippen LogP contribution in [-0.2, 0) is 22.7 Å². The third kappa shape index (κ3) is 5.55. The molecule has 1 saturated heterocycles. The number of rotatable bonds is 10. The van der Waals surface area contributed by atoms with Crippen LogP contribution in [-0.4, -0.2) is 52.8 Å². The fourth-order valence-electron chi connectivity index (χ4n) is 3.27. The number of nitrogens with one attached hydrogen (secondary N) is 2. The molecule has 1 fully saturated rings. The van der Waals surface area contributed by atoms with E-state index in [4.69, 9.17) is 0 Å². The zero-order valence-corrected chi connectivity index (χ0v) is 17.4. The summed E-state index contributed by atoms with van der Waals surface area (Å²) in [7, 11) is 0. The Hall–Kier alpha value is -2.41. The van der Waals surface area contributed by atoms with Gasteiger partial charge in [0.15, 0.2) is 0 Å². The second-order valence-corrected chi connectivity index (χ2v) is 7.62. The molecule has 2 N–H and O–H groups in total. The first-order valence-electron chi connectivity index (χ1n) is 9.98. The molecule has 0 bridgehead atoms. The smallest absolute Gasteiger partial charge is 0.325 e. The number of nitrogens with zero attached hydrogens (tertiary/aromatic N) is 2. The van der Waals surface area contributed by atoms with Crippen molar-refractivity contribution in [1.82, 2.24) is 20.4 Å². The molecule has 7 nitrogen and oxygen atoms in total. The third-order valence-electron chi connectivity index (χ3n) is 5.11. The molecular formula is C21H32N4O3. The molecule has 2 rings (SSSR count). The molecule has 1 aliphatic heterocycles. The average Bonchev–Trinajstić information content (AvgIpc) is 2.86. The molecule has 0 radical (unpaired) electrons. The van der Waals surface area contributed by atoms with Gasteiger partial charge in [-0.1, -0.05) is 38.1 Å². The van der Waals surface area contributed by atoms with E-state index >= 15 is 0 Å². The molecule has 1 aromatic carbocycles. The van der Waals surface area contributed by atoms with Crippen molar-refractivity contribution in [2.75, 3.05) is 19.6 Å². The van der Waals surface area contributed by atoms with Crippen LogP contribution in [0.2, 0.25) is 0 Å². The SMILES string of the molecule is CCN(CC)Cc1ccccc1CNC(=O)CCCN1C(=O)NC(C)(C)C1=O. The molecule has 0 aliphatic carbocycles. The van der Waals surface area contributed by atoms with Gasteiger partial charge in [-0.2, -0.15) is 0 Å². The Morgan fingerprint density at radius 1 is 1.14 bits per heavy atom. The second kappa shape index (κ2) is 9.68. The van der Waals surface area contributed by atoms with Crippen LogP contribution in [0.4, 0.5) is 4.79 Å². The van der Waals surface area contributed by atoms with Crippen molar-refractivity contribution in [2.24, 2.45) is 0 Å². The molecule has 0 spiro atoms. The van der Waals surface area contributed by atoms with Gasteiger partial charge in [0.2, 0.25) is 5.91 Å². The molecule has 0 aromatic heterocycles. The molecule has 1 aromatic rings. The van der Waals surface area contributed by atoms with Gasteiger partial charge in [-0.3, -0.25) is 19.4 Å². The normalized spacial score (nSPS) is 15.8. The Labute approximate surface area is 167 Å². The number of carbonyl (C=O) groups is 3. The van der Waals surface area contributed by atoms with E-state index in [1.165, 1.54) is 10.5 Å². The number of benzene rings is 1. The number of urea groups is 1. The van der Waals surface area contributed by atoms with Crippen molar-refractivity contribution < 1.29 is 14.4 Å². The summed E-state index contributed by atoms with van der Waals surface area (Å²) < 4.78 is 0. The number of hydrogen-bond acceptors (Lipinski definition) is 4. The lowest BCUT2D eigenvalue weighted by Gasteiger charge is -2.20. The molecule has 0 saturated carbocycles. The molecule has 7 heteroatoms. The average molecular weight is 389 g/mol. The third-order valence-corrected chi connectivity index (χ3v) is 5.11. The number of hydrogen-bond donors (Lipinski definition) is 2. The van der Waals surface area contributed by atoms with Crippen molar-refractivity contribution in [3.8, 4) is 0 Å². The maximum Gasteiger partial charge on any atom is 0.325 e. The number of carbonyl (C=O) groups excluding carboxylic acids is 3. The highest BCUT2D eigenvalue weighted by molar-refractivity contribution is 6.06. The van der Waals surface area contributed by atoms with E-state index in [1.807, 2.05) is 18.2 Å². The minimum absolute atomic E-state index is 0.0797. The van der Waals surface area contributed by atoms with Gasteiger partial charge in [0, 0.05) is 26.1 Å². The summed E-state index contributed by atoms with van der Waals surface area (Å²) in [4.78, 5) is 39.7.